The van der Waals surface area contributed by atoms with Gasteiger partial charge in [-0.2, -0.15) is 0 Å². The number of hydrogen-bond acceptors (Lipinski definition) is 7. The van der Waals surface area contributed by atoms with E-state index in [2.05, 4.69) is 15.3 Å². The molecule has 2 N–H and O–H groups in total. The molecule has 0 atom stereocenters. The number of nitrogens with one attached hydrogen (secondary N) is 1. The predicted octanol–water partition coefficient (Wildman–Crippen LogP) is 4.25. The molecule has 5 rings (SSSR count). The summed E-state index contributed by atoms with van der Waals surface area (Å²) in [5.74, 6) is 1.98. The molecule has 0 aliphatic heterocycles. The number of pyridine rings is 1. The molecule has 0 fully saturated rings. The molecule has 8 nitrogen and oxygen atoms in total. The van der Waals surface area contributed by atoms with Crippen LogP contribution in [0.3, 0.4) is 0 Å². The van der Waals surface area contributed by atoms with Crippen LogP contribution in [0.25, 0.3) is 28.2 Å². The van der Waals surface area contributed by atoms with Crippen molar-refractivity contribution in [3.63, 3.8) is 0 Å². The van der Waals surface area contributed by atoms with Gasteiger partial charge in [-0.25, -0.2) is 19.9 Å². The molecule has 0 aliphatic carbocycles. The Morgan fingerprint density at radius 2 is 1.76 bits per heavy atom. The lowest BCUT2D eigenvalue weighted by Gasteiger charge is -2.10. The summed E-state index contributed by atoms with van der Waals surface area (Å²) in [6, 6.07) is 20.8. The first-order valence-corrected chi connectivity index (χ1v) is 10.5. The van der Waals surface area contributed by atoms with E-state index < -0.39 is 0 Å². The number of phenols is 1. The van der Waals surface area contributed by atoms with Crippen molar-refractivity contribution in [2.75, 3.05) is 19.0 Å². The summed E-state index contributed by atoms with van der Waals surface area (Å²) in [6.45, 7) is 0.648. The molecule has 2 aromatic carbocycles. The second-order valence-electron chi connectivity index (χ2n) is 7.45. The zero-order chi connectivity index (χ0) is 22.6. The van der Waals surface area contributed by atoms with Gasteiger partial charge >= 0.3 is 0 Å². The monoisotopic (exact) mass is 438 g/mol. The van der Waals surface area contributed by atoms with E-state index in [1.54, 1.807) is 37.8 Å². The summed E-state index contributed by atoms with van der Waals surface area (Å²) < 4.78 is 7.12. The van der Waals surface area contributed by atoms with Crippen LogP contribution >= 0.6 is 0 Å². The van der Waals surface area contributed by atoms with Crippen LogP contribution in [-0.2, 0) is 6.42 Å². The third-order valence-electron chi connectivity index (χ3n) is 5.28. The van der Waals surface area contributed by atoms with Crippen molar-refractivity contribution in [1.82, 2.24) is 24.5 Å². The number of anilines is 1. The first-order valence-electron chi connectivity index (χ1n) is 10.5. The number of phenolic OH excluding ortho intramolecular Hbond substituents is 1. The van der Waals surface area contributed by atoms with Crippen LogP contribution in [0.1, 0.15) is 5.56 Å². The molecule has 0 spiro atoms. The van der Waals surface area contributed by atoms with Gasteiger partial charge in [-0.1, -0.05) is 30.3 Å². The first-order chi connectivity index (χ1) is 16.2. The first kappa shape index (κ1) is 20.4. The molecule has 0 saturated carbocycles. The van der Waals surface area contributed by atoms with Gasteiger partial charge < -0.3 is 15.2 Å². The molecule has 33 heavy (non-hydrogen) atoms. The smallest absolute Gasteiger partial charge is 0.212 e. The maximum atomic E-state index is 9.49. The number of aromatic nitrogens is 5. The highest BCUT2D eigenvalue weighted by atomic mass is 16.5. The third-order valence-corrected chi connectivity index (χ3v) is 5.28. The number of ether oxygens (including phenoxy) is 1. The SMILES string of the molecule is COc1ccc(-c2nc(NCCc3ccc(O)cc3)c3ncn(-c4ccccc4)c3n2)cn1. The molecule has 0 radical (unpaired) electrons. The lowest BCUT2D eigenvalue weighted by molar-refractivity contribution is 0.398. The highest BCUT2D eigenvalue weighted by molar-refractivity contribution is 5.86. The van der Waals surface area contributed by atoms with E-state index in [1.807, 2.05) is 53.1 Å². The van der Waals surface area contributed by atoms with Crippen LogP contribution in [0, 0.1) is 0 Å². The van der Waals surface area contributed by atoms with E-state index in [4.69, 9.17) is 14.7 Å². The highest BCUT2D eigenvalue weighted by Gasteiger charge is 2.15. The number of nitrogens with zero attached hydrogens (tertiary/aromatic N) is 5. The second kappa shape index (κ2) is 8.96. The van der Waals surface area contributed by atoms with E-state index >= 15 is 0 Å². The summed E-state index contributed by atoms with van der Waals surface area (Å²) >= 11 is 0. The largest absolute Gasteiger partial charge is 0.508 e. The lowest BCUT2D eigenvalue weighted by Crippen LogP contribution is -2.08. The standard InChI is InChI=1S/C25H22N6O2/c1-33-21-12-9-18(15-27-21)23-29-24(26-14-13-17-7-10-20(32)11-8-17)22-25(30-23)31(16-28-22)19-5-3-2-4-6-19/h2-12,15-16,32H,13-14H2,1H3,(H,26,29,30). The summed E-state index contributed by atoms with van der Waals surface area (Å²) in [4.78, 5) is 18.5. The topological polar surface area (TPSA) is 98.0 Å². The van der Waals surface area contributed by atoms with Crippen molar-refractivity contribution < 1.29 is 9.84 Å². The zero-order valence-corrected chi connectivity index (χ0v) is 18.0. The average molecular weight is 438 g/mol. The fourth-order valence-corrected chi connectivity index (χ4v) is 3.55. The van der Waals surface area contributed by atoms with Gasteiger partial charge in [0.25, 0.3) is 0 Å². The summed E-state index contributed by atoms with van der Waals surface area (Å²) in [6.07, 6.45) is 4.23. The van der Waals surface area contributed by atoms with E-state index in [0.717, 1.165) is 23.2 Å². The Hall–Kier alpha value is -4.46. The van der Waals surface area contributed by atoms with Crippen molar-refractivity contribution in [3.05, 3.63) is 84.8 Å². The molecule has 0 unspecified atom stereocenters. The minimum Gasteiger partial charge on any atom is -0.508 e. The minimum absolute atomic E-state index is 0.258. The second-order valence-corrected chi connectivity index (χ2v) is 7.45. The Morgan fingerprint density at radius 1 is 0.939 bits per heavy atom. The fraction of sp³-hybridized carbons (Fsp3) is 0.120. The number of imidazole rings is 1. The van der Waals surface area contributed by atoms with Crippen LogP contribution in [0.5, 0.6) is 11.6 Å². The van der Waals surface area contributed by atoms with Gasteiger partial charge in [-0.15, -0.1) is 0 Å². The van der Waals surface area contributed by atoms with Crippen LogP contribution in [0.15, 0.2) is 79.3 Å². The molecule has 3 aromatic heterocycles. The van der Waals surface area contributed by atoms with Crippen LogP contribution in [0.2, 0.25) is 0 Å². The molecule has 164 valence electrons. The molecular weight excluding hydrogens is 416 g/mol. The van der Waals surface area contributed by atoms with Gasteiger partial charge in [-0.05, 0) is 42.3 Å². The predicted molar refractivity (Wildman–Crippen MR) is 127 cm³/mol. The molecule has 0 bridgehead atoms. The summed E-state index contributed by atoms with van der Waals surface area (Å²) in [7, 11) is 1.58. The maximum absolute atomic E-state index is 9.49. The molecule has 3 heterocycles. The summed E-state index contributed by atoms with van der Waals surface area (Å²) in [5, 5.41) is 12.9. The van der Waals surface area contributed by atoms with Crippen LogP contribution in [0.4, 0.5) is 5.82 Å². The molecule has 5 aromatic rings. The molecule has 0 aliphatic rings. The highest BCUT2D eigenvalue weighted by Crippen LogP contribution is 2.26. The zero-order valence-electron chi connectivity index (χ0n) is 18.0. The van der Waals surface area contributed by atoms with Crippen molar-refractivity contribution >= 4 is 17.0 Å². The Labute approximate surface area is 190 Å². The summed E-state index contributed by atoms with van der Waals surface area (Å²) in [5.41, 5.74) is 4.25. The Bertz CT molecular complexity index is 1370. The maximum Gasteiger partial charge on any atom is 0.212 e. The van der Waals surface area contributed by atoms with Crippen molar-refractivity contribution in [3.8, 4) is 28.7 Å². The number of benzene rings is 2. The van der Waals surface area contributed by atoms with E-state index in [0.29, 0.717) is 35.2 Å². The van der Waals surface area contributed by atoms with E-state index in [-0.39, 0.29) is 5.75 Å². The fourth-order valence-electron chi connectivity index (χ4n) is 3.55. The Balaban J connectivity index is 1.52. The van der Waals surface area contributed by atoms with Crippen molar-refractivity contribution in [2.45, 2.75) is 6.42 Å². The Morgan fingerprint density at radius 3 is 2.48 bits per heavy atom. The van der Waals surface area contributed by atoms with Gasteiger partial charge in [-0.3, -0.25) is 4.57 Å². The number of methoxy groups -OCH3 is 1. The number of hydrogen-bond donors (Lipinski definition) is 2. The molecular formula is C25H22N6O2. The van der Waals surface area contributed by atoms with Crippen LogP contribution < -0.4 is 10.1 Å². The Kier molecular flexibility index (Phi) is 5.55. The minimum atomic E-state index is 0.258. The number of aromatic hydroxyl groups is 1. The quantitative estimate of drug-likeness (QED) is 0.392. The number of rotatable bonds is 7. The normalized spacial score (nSPS) is 10.9. The van der Waals surface area contributed by atoms with Crippen molar-refractivity contribution in [1.29, 1.82) is 0 Å². The van der Waals surface area contributed by atoms with E-state index in [9.17, 15) is 5.11 Å². The van der Waals surface area contributed by atoms with Crippen LogP contribution in [-0.4, -0.2) is 43.3 Å². The number of para-hydroxylation sites is 1. The van der Waals surface area contributed by atoms with Gasteiger partial charge in [0.2, 0.25) is 5.88 Å². The van der Waals surface area contributed by atoms with Gasteiger partial charge in [0, 0.05) is 30.1 Å². The number of fused-ring (bicyclic) bond motifs is 1. The lowest BCUT2D eigenvalue weighted by atomic mass is 10.1. The van der Waals surface area contributed by atoms with Gasteiger partial charge in [0.1, 0.15) is 12.1 Å². The van der Waals surface area contributed by atoms with Gasteiger partial charge in [0.05, 0.1) is 7.11 Å². The molecule has 8 heteroatoms. The third kappa shape index (κ3) is 4.31. The molecule has 0 saturated heterocycles. The van der Waals surface area contributed by atoms with Crippen molar-refractivity contribution in [2.24, 2.45) is 0 Å². The van der Waals surface area contributed by atoms with E-state index in [1.165, 1.54) is 0 Å². The van der Waals surface area contributed by atoms with Gasteiger partial charge in [0.15, 0.2) is 22.8 Å². The molecule has 0 amide bonds. The average Bonchev–Trinajstić information content (AvgIpc) is 3.30.